The quantitative estimate of drug-likeness (QED) is 0.485. The SMILES string of the molecule is CN1[C@@H](C(=O)NCC2CC2)C[C@@H]2CN(Cc3ccccn3)C[C@@H]21.O=C(O)C(F)(F)F.O=C(O)C(F)(F)F. The van der Waals surface area contributed by atoms with Crippen molar-refractivity contribution < 1.29 is 50.9 Å². The highest BCUT2D eigenvalue weighted by Gasteiger charge is 2.47. The smallest absolute Gasteiger partial charge is 0.475 e. The Morgan fingerprint density at radius 2 is 1.59 bits per heavy atom. The Morgan fingerprint density at radius 3 is 2.03 bits per heavy atom. The lowest BCUT2D eigenvalue weighted by molar-refractivity contribution is -0.193. The van der Waals surface area contributed by atoms with Crippen molar-refractivity contribution in [3.8, 4) is 0 Å². The number of pyridine rings is 1. The molecule has 0 radical (unpaired) electrons. The van der Waals surface area contributed by atoms with Crippen molar-refractivity contribution >= 4 is 17.8 Å². The van der Waals surface area contributed by atoms with Crippen molar-refractivity contribution in [1.82, 2.24) is 20.1 Å². The Balaban J connectivity index is 0.000000286. The number of rotatable bonds is 5. The van der Waals surface area contributed by atoms with Gasteiger partial charge in [0.2, 0.25) is 5.91 Å². The summed E-state index contributed by atoms with van der Waals surface area (Å²) in [7, 11) is 2.12. The molecule has 3 N–H and O–H groups in total. The first-order chi connectivity index (χ1) is 17.1. The van der Waals surface area contributed by atoms with Crippen LogP contribution in [0.1, 0.15) is 25.0 Å². The van der Waals surface area contributed by atoms with Crippen molar-refractivity contribution in [2.45, 2.75) is 50.2 Å². The van der Waals surface area contributed by atoms with Crippen molar-refractivity contribution in [3.05, 3.63) is 30.1 Å². The first-order valence-corrected chi connectivity index (χ1v) is 11.3. The molecule has 1 aromatic heterocycles. The van der Waals surface area contributed by atoms with Crippen LogP contribution in [0.2, 0.25) is 0 Å². The number of alkyl halides is 6. The number of fused-ring (bicyclic) bond motifs is 1. The van der Waals surface area contributed by atoms with E-state index in [0.29, 0.717) is 12.0 Å². The van der Waals surface area contributed by atoms with Gasteiger partial charge in [0.05, 0.1) is 11.7 Å². The first kappa shape index (κ1) is 30.3. The molecule has 0 bridgehead atoms. The van der Waals surface area contributed by atoms with Gasteiger partial charge in [-0.2, -0.15) is 26.3 Å². The van der Waals surface area contributed by atoms with Gasteiger partial charge in [-0.3, -0.25) is 19.6 Å². The number of carboxylic acid groups (broad SMARTS) is 2. The van der Waals surface area contributed by atoms with Gasteiger partial charge >= 0.3 is 24.3 Å². The third-order valence-corrected chi connectivity index (χ3v) is 6.18. The molecular formula is C22H28F6N4O5. The van der Waals surface area contributed by atoms with Gasteiger partial charge in [-0.1, -0.05) is 6.07 Å². The number of carboxylic acids is 2. The second-order valence-corrected chi connectivity index (χ2v) is 9.05. The van der Waals surface area contributed by atoms with E-state index in [0.717, 1.165) is 44.2 Å². The van der Waals surface area contributed by atoms with Gasteiger partial charge in [0.25, 0.3) is 0 Å². The van der Waals surface area contributed by atoms with E-state index >= 15 is 0 Å². The summed E-state index contributed by atoms with van der Waals surface area (Å²) in [6.45, 7) is 3.92. The van der Waals surface area contributed by atoms with E-state index in [2.05, 4.69) is 33.2 Å². The number of carbonyl (C=O) groups is 3. The molecule has 9 nitrogen and oxygen atoms in total. The molecular weight excluding hydrogens is 514 g/mol. The van der Waals surface area contributed by atoms with Gasteiger partial charge in [-0.25, -0.2) is 9.59 Å². The maximum atomic E-state index is 12.4. The normalized spacial score (nSPS) is 23.7. The van der Waals surface area contributed by atoms with Crippen LogP contribution in [0.25, 0.3) is 0 Å². The lowest BCUT2D eigenvalue weighted by atomic mass is 10.0. The molecule has 3 atom stereocenters. The highest BCUT2D eigenvalue weighted by molar-refractivity contribution is 5.82. The second-order valence-electron chi connectivity index (χ2n) is 9.05. The Hall–Kier alpha value is -2.94. The molecule has 1 aromatic rings. The molecule has 3 aliphatic rings. The fraction of sp³-hybridized carbons (Fsp3) is 0.636. The molecule has 3 fully saturated rings. The molecule has 3 heterocycles. The Labute approximate surface area is 208 Å². The number of likely N-dealkylation sites (N-methyl/N-ethyl adjacent to an activating group) is 1. The third-order valence-electron chi connectivity index (χ3n) is 6.18. The Morgan fingerprint density at radius 1 is 1.03 bits per heavy atom. The van der Waals surface area contributed by atoms with Crippen LogP contribution >= 0.6 is 0 Å². The lowest BCUT2D eigenvalue weighted by Crippen LogP contribution is -2.46. The van der Waals surface area contributed by atoms with Crippen LogP contribution in [0.5, 0.6) is 0 Å². The van der Waals surface area contributed by atoms with Gasteiger partial charge in [0, 0.05) is 38.4 Å². The van der Waals surface area contributed by atoms with Crippen molar-refractivity contribution in [2.75, 3.05) is 26.7 Å². The van der Waals surface area contributed by atoms with Crippen molar-refractivity contribution in [2.24, 2.45) is 11.8 Å². The highest BCUT2D eigenvalue weighted by Crippen LogP contribution is 2.35. The maximum Gasteiger partial charge on any atom is 0.490 e. The molecule has 0 aromatic carbocycles. The van der Waals surface area contributed by atoms with Gasteiger partial charge in [0.15, 0.2) is 0 Å². The van der Waals surface area contributed by atoms with Crippen LogP contribution in [-0.4, -0.2) is 94.0 Å². The number of halogens is 6. The number of nitrogens with zero attached hydrogens (tertiary/aromatic N) is 3. The maximum absolute atomic E-state index is 12.4. The molecule has 15 heteroatoms. The summed E-state index contributed by atoms with van der Waals surface area (Å²) in [6, 6.07) is 6.68. The average molecular weight is 542 g/mol. The standard InChI is InChI=1S/C18H26N4O.2C2HF3O2/c1-21-16(18(23)20-9-13-5-6-13)8-14-10-22(12-17(14)21)11-15-4-2-3-7-19-15;2*3-2(4,5)1(6)7/h2-4,7,13-14,16-17H,5-6,8-12H2,1H3,(H,20,23);2*(H,6,7)/t14-,16-,17+;;/m1../s1. The first-order valence-electron chi connectivity index (χ1n) is 11.3. The Kier molecular flexibility index (Phi) is 10.3. The predicted octanol–water partition coefficient (Wildman–Crippen LogP) is 2.38. The van der Waals surface area contributed by atoms with Gasteiger partial charge in [0.1, 0.15) is 0 Å². The van der Waals surface area contributed by atoms with Crippen LogP contribution in [0.15, 0.2) is 24.4 Å². The fourth-order valence-electron chi connectivity index (χ4n) is 4.15. The largest absolute Gasteiger partial charge is 0.490 e. The summed E-state index contributed by atoms with van der Waals surface area (Å²) in [5.41, 5.74) is 1.13. The minimum Gasteiger partial charge on any atom is -0.475 e. The highest BCUT2D eigenvalue weighted by atomic mass is 19.4. The van der Waals surface area contributed by atoms with E-state index in [-0.39, 0.29) is 11.9 Å². The van der Waals surface area contributed by atoms with E-state index in [4.69, 9.17) is 19.8 Å². The number of nitrogens with one attached hydrogen (secondary N) is 1. The number of hydrogen-bond donors (Lipinski definition) is 3. The lowest BCUT2D eigenvalue weighted by Gasteiger charge is -2.26. The number of likely N-dealkylation sites (tertiary alicyclic amines) is 2. The van der Waals surface area contributed by atoms with Crippen LogP contribution in [0.4, 0.5) is 26.3 Å². The second kappa shape index (κ2) is 12.5. The number of carbonyl (C=O) groups excluding carboxylic acids is 1. The summed E-state index contributed by atoms with van der Waals surface area (Å²) in [4.78, 5) is 39.4. The molecule has 208 valence electrons. The number of amides is 1. The van der Waals surface area contributed by atoms with Crippen molar-refractivity contribution in [3.63, 3.8) is 0 Å². The molecule has 0 unspecified atom stereocenters. The topological polar surface area (TPSA) is 123 Å². The summed E-state index contributed by atoms with van der Waals surface area (Å²) in [5, 5.41) is 17.4. The zero-order chi connectivity index (χ0) is 28.0. The molecule has 1 amide bonds. The van der Waals surface area contributed by atoms with Crippen LogP contribution < -0.4 is 5.32 Å². The molecule has 4 rings (SSSR count). The summed E-state index contributed by atoms with van der Waals surface area (Å²) < 4.78 is 63.5. The minimum absolute atomic E-state index is 0.0701. The van der Waals surface area contributed by atoms with Gasteiger partial charge < -0.3 is 15.5 Å². The number of hydrogen-bond acceptors (Lipinski definition) is 6. The molecule has 2 aliphatic heterocycles. The van der Waals surface area contributed by atoms with Crippen molar-refractivity contribution in [1.29, 1.82) is 0 Å². The summed E-state index contributed by atoms with van der Waals surface area (Å²) in [6.07, 6.45) is -4.74. The molecule has 1 saturated carbocycles. The summed E-state index contributed by atoms with van der Waals surface area (Å²) in [5.74, 6) is -3.91. The van der Waals surface area contributed by atoms with E-state index in [1.54, 1.807) is 0 Å². The number of aliphatic carboxylic acids is 2. The van der Waals surface area contributed by atoms with Gasteiger partial charge in [-0.15, -0.1) is 0 Å². The number of aromatic nitrogens is 1. The molecule has 37 heavy (non-hydrogen) atoms. The van der Waals surface area contributed by atoms with Gasteiger partial charge in [-0.05, 0) is 50.3 Å². The molecule has 1 aliphatic carbocycles. The van der Waals surface area contributed by atoms with Crippen LogP contribution in [0.3, 0.4) is 0 Å². The fourth-order valence-corrected chi connectivity index (χ4v) is 4.15. The molecule has 0 spiro atoms. The molecule has 2 saturated heterocycles. The summed E-state index contributed by atoms with van der Waals surface area (Å²) >= 11 is 0. The Bertz CT molecular complexity index is 902. The van der Waals surface area contributed by atoms with Crippen LogP contribution in [0, 0.1) is 11.8 Å². The third kappa shape index (κ3) is 9.80. The average Bonchev–Trinajstić information content (AvgIpc) is 3.47. The minimum atomic E-state index is -5.08. The zero-order valence-corrected chi connectivity index (χ0v) is 19.8. The van der Waals surface area contributed by atoms with E-state index < -0.39 is 24.3 Å². The zero-order valence-electron chi connectivity index (χ0n) is 19.8. The van der Waals surface area contributed by atoms with E-state index in [1.807, 2.05) is 18.3 Å². The van der Waals surface area contributed by atoms with E-state index in [9.17, 15) is 31.1 Å². The van der Waals surface area contributed by atoms with Crippen LogP contribution in [-0.2, 0) is 20.9 Å². The van der Waals surface area contributed by atoms with E-state index in [1.165, 1.54) is 12.8 Å². The monoisotopic (exact) mass is 542 g/mol. The predicted molar refractivity (Wildman–Crippen MR) is 116 cm³/mol.